The van der Waals surface area contributed by atoms with Crippen molar-refractivity contribution >= 4 is 11.6 Å². The zero-order valence-electron chi connectivity index (χ0n) is 9.47. The molecule has 4 nitrogen and oxygen atoms in total. The van der Waals surface area contributed by atoms with Gasteiger partial charge in [0.05, 0.1) is 12.6 Å². The van der Waals surface area contributed by atoms with Crippen LogP contribution in [0, 0.1) is 0 Å². The highest BCUT2D eigenvalue weighted by molar-refractivity contribution is 5.83. The standard InChI is InChI=1S/C12H17N3O/c1-14-11(7-13)8-15(9-12(14)16)10-5-3-2-4-6-10/h2-6,11H,7-9,13H2,1H3. The van der Waals surface area contributed by atoms with Crippen LogP contribution in [0.15, 0.2) is 30.3 Å². The maximum atomic E-state index is 11.8. The van der Waals surface area contributed by atoms with E-state index in [1.165, 1.54) is 0 Å². The highest BCUT2D eigenvalue weighted by Gasteiger charge is 2.28. The van der Waals surface area contributed by atoms with Crippen LogP contribution in [0.3, 0.4) is 0 Å². The van der Waals surface area contributed by atoms with Gasteiger partial charge in [-0.1, -0.05) is 18.2 Å². The molecule has 1 aromatic carbocycles. The summed E-state index contributed by atoms with van der Waals surface area (Å²) in [5.41, 5.74) is 6.76. The summed E-state index contributed by atoms with van der Waals surface area (Å²) in [6, 6.07) is 10.1. The lowest BCUT2D eigenvalue weighted by molar-refractivity contribution is -0.131. The van der Waals surface area contributed by atoms with Gasteiger partial charge in [-0.25, -0.2) is 0 Å². The lowest BCUT2D eigenvalue weighted by atomic mass is 10.1. The van der Waals surface area contributed by atoms with Gasteiger partial charge in [0, 0.05) is 25.8 Å². The summed E-state index contributed by atoms with van der Waals surface area (Å²) < 4.78 is 0. The van der Waals surface area contributed by atoms with Gasteiger partial charge in [0.1, 0.15) is 0 Å². The molecule has 1 aromatic rings. The second-order valence-electron chi connectivity index (χ2n) is 4.11. The third kappa shape index (κ3) is 2.02. The van der Waals surface area contributed by atoms with E-state index >= 15 is 0 Å². The fourth-order valence-corrected chi connectivity index (χ4v) is 1.99. The van der Waals surface area contributed by atoms with Crippen LogP contribution in [0.2, 0.25) is 0 Å². The van der Waals surface area contributed by atoms with Gasteiger partial charge < -0.3 is 15.5 Å². The largest absolute Gasteiger partial charge is 0.360 e. The Kier molecular flexibility index (Phi) is 3.10. The quantitative estimate of drug-likeness (QED) is 0.778. The minimum atomic E-state index is 0.112. The highest BCUT2D eigenvalue weighted by atomic mass is 16.2. The topological polar surface area (TPSA) is 49.6 Å². The van der Waals surface area contributed by atoms with Crippen molar-refractivity contribution in [3.8, 4) is 0 Å². The van der Waals surface area contributed by atoms with Gasteiger partial charge in [0.25, 0.3) is 0 Å². The van der Waals surface area contributed by atoms with Gasteiger partial charge in [-0.05, 0) is 12.1 Å². The van der Waals surface area contributed by atoms with Crippen LogP contribution in [0.1, 0.15) is 0 Å². The zero-order valence-corrected chi connectivity index (χ0v) is 9.47. The van der Waals surface area contributed by atoms with Crippen molar-refractivity contribution in [2.75, 3.05) is 31.6 Å². The van der Waals surface area contributed by atoms with Gasteiger partial charge in [0.15, 0.2) is 0 Å². The number of hydrogen-bond donors (Lipinski definition) is 1. The van der Waals surface area contributed by atoms with Crippen LogP contribution in [0.25, 0.3) is 0 Å². The van der Waals surface area contributed by atoms with E-state index in [1.807, 2.05) is 37.4 Å². The molecule has 16 heavy (non-hydrogen) atoms. The number of nitrogens with zero attached hydrogens (tertiary/aromatic N) is 2. The normalized spacial score (nSPS) is 21.4. The first-order chi connectivity index (χ1) is 7.72. The molecular formula is C12H17N3O. The number of likely N-dealkylation sites (N-methyl/N-ethyl adjacent to an activating group) is 1. The third-order valence-corrected chi connectivity index (χ3v) is 3.09. The summed E-state index contributed by atoms with van der Waals surface area (Å²) in [4.78, 5) is 15.6. The molecule has 1 heterocycles. The van der Waals surface area contributed by atoms with E-state index in [0.717, 1.165) is 12.2 Å². The van der Waals surface area contributed by atoms with Crippen molar-refractivity contribution in [1.82, 2.24) is 4.90 Å². The Balaban J connectivity index is 2.16. The lowest BCUT2D eigenvalue weighted by Gasteiger charge is -2.39. The van der Waals surface area contributed by atoms with Gasteiger partial charge in [0.2, 0.25) is 5.91 Å². The van der Waals surface area contributed by atoms with Gasteiger partial charge >= 0.3 is 0 Å². The Labute approximate surface area is 95.6 Å². The molecule has 86 valence electrons. The molecule has 2 rings (SSSR count). The maximum absolute atomic E-state index is 11.8. The molecule has 0 bridgehead atoms. The van der Waals surface area contributed by atoms with E-state index in [2.05, 4.69) is 4.90 Å². The van der Waals surface area contributed by atoms with Crippen molar-refractivity contribution < 1.29 is 4.79 Å². The summed E-state index contributed by atoms with van der Waals surface area (Å²) in [5.74, 6) is 0.130. The van der Waals surface area contributed by atoms with Gasteiger partial charge in [-0.2, -0.15) is 0 Å². The summed E-state index contributed by atoms with van der Waals surface area (Å²) in [6.45, 7) is 1.76. The average Bonchev–Trinajstić information content (AvgIpc) is 2.33. The molecule has 0 saturated carbocycles. The molecule has 1 unspecified atom stereocenters. The minimum absolute atomic E-state index is 0.112. The van der Waals surface area contributed by atoms with E-state index in [9.17, 15) is 4.79 Å². The minimum Gasteiger partial charge on any atom is -0.360 e. The predicted octanol–water partition coefficient (Wildman–Crippen LogP) is 0.292. The lowest BCUT2D eigenvalue weighted by Crippen LogP contribution is -2.57. The van der Waals surface area contributed by atoms with E-state index in [4.69, 9.17) is 5.73 Å². The molecule has 1 atom stereocenters. The fourth-order valence-electron chi connectivity index (χ4n) is 1.99. The third-order valence-electron chi connectivity index (χ3n) is 3.09. The molecule has 1 aliphatic heterocycles. The highest BCUT2D eigenvalue weighted by Crippen LogP contribution is 2.18. The van der Waals surface area contributed by atoms with Crippen LogP contribution < -0.4 is 10.6 Å². The van der Waals surface area contributed by atoms with Crippen molar-refractivity contribution in [2.45, 2.75) is 6.04 Å². The number of hydrogen-bond acceptors (Lipinski definition) is 3. The number of carbonyl (C=O) groups is 1. The Morgan fingerprint density at radius 3 is 2.69 bits per heavy atom. The van der Waals surface area contributed by atoms with Crippen molar-refractivity contribution in [3.05, 3.63) is 30.3 Å². The van der Waals surface area contributed by atoms with Crippen LogP contribution >= 0.6 is 0 Å². The predicted molar refractivity (Wildman–Crippen MR) is 64.3 cm³/mol. The van der Waals surface area contributed by atoms with E-state index in [0.29, 0.717) is 13.1 Å². The van der Waals surface area contributed by atoms with Crippen LogP contribution in [-0.4, -0.2) is 43.5 Å². The molecule has 2 N–H and O–H groups in total. The van der Waals surface area contributed by atoms with Crippen molar-refractivity contribution in [2.24, 2.45) is 5.73 Å². The fraction of sp³-hybridized carbons (Fsp3) is 0.417. The Morgan fingerprint density at radius 2 is 2.06 bits per heavy atom. The average molecular weight is 219 g/mol. The first-order valence-electron chi connectivity index (χ1n) is 5.48. The molecule has 1 aliphatic rings. The van der Waals surface area contributed by atoms with Crippen molar-refractivity contribution in [3.63, 3.8) is 0 Å². The molecule has 0 aromatic heterocycles. The number of rotatable bonds is 2. The molecule has 1 fully saturated rings. The summed E-state index contributed by atoms with van der Waals surface area (Å²) in [5, 5.41) is 0. The van der Waals surface area contributed by atoms with Crippen LogP contribution in [0.4, 0.5) is 5.69 Å². The molecule has 4 heteroatoms. The number of benzene rings is 1. The number of para-hydroxylation sites is 1. The van der Waals surface area contributed by atoms with Crippen LogP contribution in [0.5, 0.6) is 0 Å². The number of amides is 1. The number of piperazine rings is 1. The molecule has 1 saturated heterocycles. The molecular weight excluding hydrogens is 202 g/mol. The van der Waals surface area contributed by atoms with Crippen LogP contribution in [-0.2, 0) is 4.79 Å². The smallest absolute Gasteiger partial charge is 0.242 e. The Hall–Kier alpha value is -1.55. The molecule has 1 amide bonds. The molecule has 0 aliphatic carbocycles. The van der Waals surface area contributed by atoms with E-state index in [1.54, 1.807) is 4.90 Å². The second-order valence-corrected chi connectivity index (χ2v) is 4.11. The monoisotopic (exact) mass is 219 g/mol. The SMILES string of the molecule is CN1C(=O)CN(c2ccccc2)CC1CN. The van der Waals surface area contributed by atoms with Gasteiger partial charge in [-0.15, -0.1) is 0 Å². The zero-order chi connectivity index (χ0) is 11.5. The van der Waals surface area contributed by atoms with Crippen molar-refractivity contribution in [1.29, 1.82) is 0 Å². The second kappa shape index (κ2) is 4.53. The first kappa shape index (κ1) is 11.0. The number of carbonyl (C=O) groups excluding carboxylic acids is 1. The first-order valence-corrected chi connectivity index (χ1v) is 5.48. The maximum Gasteiger partial charge on any atom is 0.242 e. The summed E-state index contributed by atoms with van der Waals surface area (Å²) in [7, 11) is 1.82. The Bertz CT molecular complexity index is 366. The molecule has 0 spiro atoms. The van der Waals surface area contributed by atoms with E-state index in [-0.39, 0.29) is 11.9 Å². The number of nitrogens with two attached hydrogens (primary N) is 1. The van der Waals surface area contributed by atoms with Gasteiger partial charge in [-0.3, -0.25) is 4.79 Å². The molecule has 0 radical (unpaired) electrons. The number of anilines is 1. The summed E-state index contributed by atoms with van der Waals surface area (Å²) >= 11 is 0. The summed E-state index contributed by atoms with van der Waals surface area (Å²) in [6.07, 6.45) is 0. The van der Waals surface area contributed by atoms with E-state index < -0.39 is 0 Å². The Morgan fingerprint density at radius 1 is 1.38 bits per heavy atom.